The van der Waals surface area contributed by atoms with Crippen molar-refractivity contribution in [3.05, 3.63) is 139 Å². The molecular formula is C30H22Cl2F2N4O4. The number of hydrogen-bond acceptors (Lipinski definition) is 4. The first-order valence-electron chi connectivity index (χ1n) is 12.6. The Morgan fingerprint density at radius 2 is 1.31 bits per heavy atom. The van der Waals surface area contributed by atoms with E-state index in [-0.39, 0.29) is 27.4 Å². The van der Waals surface area contributed by atoms with E-state index in [0.717, 1.165) is 4.57 Å². The van der Waals surface area contributed by atoms with Crippen LogP contribution < -0.4 is 11.1 Å². The van der Waals surface area contributed by atoms with Crippen LogP contribution in [0.25, 0.3) is 22.4 Å². The second-order valence-electron chi connectivity index (χ2n) is 9.23. The maximum Gasteiger partial charge on any atom is 0.281 e. The highest BCUT2D eigenvalue weighted by molar-refractivity contribution is 6.34. The number of carbonyl (C=O) groups is 1. The molecule has 12 heteroatoms. The molecule has 1 N–H and O–H groups in total. The normalized spacial score (nSPS) is 11.9. The smallest absolute Gasteiger partial charge is 0.281 e. The molecule has 0 radical (unpaired) electrons. The molecule has 1 unspecified atom stereocenters. The standard InChI is InChI=1S/C16H14ClFN2O2.C14H8ClFN2O2/c1-2-14(21)13-9-19-7-6-12(17)15(19)16(22)20(13)11-5-3-4-10(18)8-11;15-12-4-5-17-7-11(8-19)18(14(20)13(12)17)10-3-1-2-9(16)6-10/h3-9,14,21H,2H2,1H3;1-8H. The van der Waals surface area contributed by atoms with Crippen LogP contribution in [-0.2, 0) is 0 Å². The highest BCUT2D eigenvalue weighted by Crippen LogP contribution is 2.23. The zero-order valence-corrected chi connectivity index (χ0v) is 23.4. The van der Waals surface area contributed by atoms with Gasteiger partial charge in [-0.05, 0) is 55.0 Å². The first-order valence-corrected chi connectivity index (χ1v) is 13.4. The summed E-state index contributed by atoms with van der Waals surface area (Å²) in [4.78, 5) is 36.5. The van der Waals surface area contributed by atoms with Gasteiger partial charge in [0.15, 0.2) is 6.29 Å². The van der Waals surface area contributed by atoms with E-state index in [4.69, 9.17) is 23.2 Å². The first-order chi connectivity index (χ1) is 20.1. The summed E-state index contributed by atoms with van der Waals surface area (Å²) in [7, 11) is 0. The lowest BCUT2D eigenvalue weighted by atomic mass is 10.2. The molecule has 0 aliphatic carbocycles. The van der Waals surface area contributed by atoms with Gasteiger partial charge < -0.3 is 13.9 Å². The molecule has 0 aliphatic rings. The molecule has 8 nitrogen and oxygen atoms in total. The van der Waals surface area contributed by atoms with Crippen molar-refractivity contribution in [2.24, 2.45) is 0 Å². The Morgan fingerprint density at radius 1 is 0.810 bits per heavy atom. The fourth-order valence-electron chi connectivity index (χ4n) is 4.62. The molecule has 214 valence electrons. The van der Waals surface area contributed by atoms with Crippen LogP contribution in [0.15, 0.2) is 95.0 Å². The monoisotopic (exact) mass is 610 g/mol. The molecule has 0 amide bonds. The Balaban J connectivity index is 0.000000169. The van der Waals surface area contributed by atoms with Gasteiger partial charge >= 0.3 is 0 Å². The second kappa shape index (κ2) is 11.8. The molecule has 6 rings (SSSR count). The summed E-state index contributed by atoms with van der Waals surface area (Å²) in [6.07, 6.45) is 6.47. The minimum Gasteiger partial charge on any atom is -0.387 e. The summed E-state index contributed by atoms with van der Waals surface area (Å²) >= 11 is 12.0. The van der Waals surface area contributed by atoms with Gasteiger partial charge in [0.1, 0.15) is 28.4 Å². The molecule has 0 fully saturated rings. The predicted octanol–water partition coefficient (Wildman–Crippen LogP) is 6.02. The molecule has 4 heterocycles. The Morgan fingerprint density at radius 3 is 1.81 bits per heavy atom. The van der Waals surface area contributed by atoms with E-state index in [1.807, 2.05) is 0 Å². The zero-order valence-electron chi connectivity index (χ0n) is 21.9. The molecule has 6 aromatic rings. The quantitative estimate of drug-likeness (QED) is 0.242. The van der Waals surface area contributed by atoms with Crippen LogP contribution >= 0.6 is 23.2 Å². The molecule has 2 aromatic carbocycles. The maximum absolute atomic E-state index is 13.5. The van der Waals surface area contributed by atoms with Crippen molar-refractivity contribution >= 4 is 40.5 Å². The van der Waals surface area contributed by atoms with E-state index >= 15 is 0 Å². The highest BCUT2D eigenvalue weighted by atomic mass is 35.5. The van der Waals surface area contributed by atoms with Crippen LogP contribution in [0.3, 0.4) is 0 Å². The van der Waals surface area contributed by atoms with E-state index in [0.29, 0.717) is 29.1 Å². The van der Waals surface area contributed by atoms with E-state index in [9.17, 15) is 28.3 Å². The Labute approximate surface area is 246 Å². The first kappa shape index (κ1) is 29.0. The van der Waals surface area contributed by atoms with Crippen molar-refractivity contribution in [3.63, 3.8) is 0 Å². The van der Waals surface area contributed by atoms with Gasteiger partial charge in [-0.25, -0.2) is 8.78 Å². The fourth-order valence-corrected chi connectivity index (χ4v) is 5.09. The van der Waals surface area contributed by atoms with Crippen LogP contribution in [0.2, 0.25) is 10.0 Å². The number of benzene rings is 2. The Bertz CT molecular complexity index is 2080. The summed E-state index contributed by atoms with van der Waals surface area (Å²) in [5.41, 5.74) is 0.780. The zero-order chi connectivity index (χ0) is 30.1. The van der Waals surface area contributed by atoms with E-state index in [1.165, 1.54) is 51.6 Å². The van der Waals surface area contributed by atoms with Gasteiger partial charge in [-0.1, -0.05) is 42.3 Å². The number of hydrogen-bond donors (Lipinski definition) is 1. The second-order valence-corrected chi connectivity index (χ2v) is 10.0. The third kappa shape index (κ3) is 5.27. The predicted molar refractivity (Wildman–Crippen MR) is 157 cm³/mol. The third-order valence-electron chi connectivity index (χ3n) is 6.58. The fraction of sp³-hybridized carbons (Fsp3) is 0.100. The highest BCUT2D eigenvalue weighted by Gasteiger charge is 2.19. The van der Waals surface area contributed by atoms with Gasteiger partial charge in [-0.2, -0.15) is 0 Å². The number of aldehydes is 1. The van der Waals surface area contributed by atoms with Crippen molar-refractivity contribution in [2.45, 2.75) is 19.4 Å². The molecule has 0 saturated carbocycles. The van der Waals surface area contributed by atoms with E-state index < -0.39 is 28.9 Å². The van der Waals surface area contributed by atoms with Gasteiger partial charge in [0.25, 0.3) is 11.1 Å². The van der Waals surface area contributed by atoms with Gasteiger partial charge in [0, 0.05) is 24.8 Å². The third-order valence-corrected chi connectivity index (χ3v) is 7.19. The van der Waals surface area contributed by atoms with Crippen molar-refractivity contribution in [1.82, 2.24) is 17.9 Å². The average molecular weight is 611 g/mol. The summed E-state index contributed by atoms with van der Waals surface area (Å²) in [6, 6.07) is 14.3. The number of nitrogens with zero attached hydrogens (tertiary/aromatic N) is 4. The largest absolute Gasteiger partial charge is 0.387 e. The number of aliphatic hydroxyl groups is 1. The van der Waals surface area contributed by atoms with Crippen LogP contribution in [0.1, 0.15) is 35.6 Å². The Kier molecular flexibility index (Phi) is 8.13. The van der Waals surface area contributed by atoms with Crippen LogP contribution in [0.4, 0.5) is 8.78 Å². The molecule has 4 aromatic heterocycles. The number of carbonyl (C=O) groups excluding carboxylic acids is 1. The molecule has 42 heavy (non-hydrogen) atoms. The summed E-state index contributed by atoms with van der Waals surface area (Å²) < 4.78 is 32.3. The lowest BCUT2D eigenvalue weighted by Crippen LogP contribution is -2.25. The SMILES string of the molecule is CCC(O)c1cn2ccc(Cl)c2c(=O)n1-c1cccc(F)c1.O=Cc1cn2ccc(Cl)c2c(=O)n1-c1cccc(F)c1. The van der Waals surface area contributed by atoms with E-state index in [1.54, 1.807) is 54.2 Å². The lowest BCUT2D eigenvalue weighted by molar-refractivity contribution is 0.111. The molecule has 0 saturated heterocycles. The van der Waals surface area contributed by atoms with Gasteiger partial charge in [-0.3, -0.25) is 23.5 Å². The van der Waals surface area contributed by atoms with Crippen molar-refractivity contribution in [2.75, 3.05) is 0 Å². The summed E-state index contributed by atoms with van der Waals surface area (Å²) in [5.74, 6) is -0.949. The van der Waals surface area contributed by atoms with Crippen LogP contribution in [0.5, 0.6) is 0 Å². The molecule has 0 spiro atoms. The van der Waals surface area contributed by atoms with Crippen molar-refractivity contribution < 1.29 is 18.7 Å². The van der Waals surface area contributed by atoms with Crippen LogP contribution in [0, 0.1) is 11.6 Å². The average Bonchev–Trinajstić information content (AvgIpc) is 3.54. The van der Waals surface area contributed by atoms with Crippen LogP contribution in [-0.4, -0.2) is 29.3 Å². The summed E-state index contributed by atoms with van der Waals surface area (Å²) in [6.45, 7) is 1.80. The number of halogens is 4. The lowest BCUT2D eigenvalue weighted by Gasteiger charge is -2.17. The number of aliphatic hydroxyl groups excluding tert-OH is 1. The molecular weight excluding hydrogens is 589 g/mol. The number of aromatic nitrogens is 4. The van der Waals surface area contributed by atoms with Gasteiger partial charge in [0.2, 0.25) is 0 Å². The minimum atomic E-state index is -0.846. The maximum atomic E-state index is 13.5. The number of rotatable bonds is 5. The molecule has 0 aliphatic heterocycles. The van der Waals surface area contributed by atoms with E-state index in [2.05, 4.69) is 0 Å². The number of fused-ring (bicyclic) bond motifs is 2. The molecule has 0 bridgehead atoms. The van der Waals surface area contributed by atoms with Crippen molar-refractivity contribution in [1.29, 1.82) is 0 Å². The van der Waals surface area contributed by atoms with Gasteiger partial charge in [-0.15, -0.1) is 0 Å². The minimum absolute atomic E-state index is 0.111. The Hall–Kier alpha value is -4.51. The molecule has 1 atom stereocenters. The topological polar surface area (TPSA) is 90.1 Å². The van der Waals surface area contributed by atoms with Crippen molar-refractivity contribution in [3.8, 4) is 11.4 Å². The summed E-state index contributed by atoms with van der Waals surface area (Å²) in [5, 5.41) is 10.8. The van der Waals surface area contributed by atoms with Gasteiger partial charge in [0.05, 0.1) is 33.2 Å².